The normalized spacial score (nSPS) is 10.6. The lowest BCUT2D eigenvalue weighted by atomic mass is 9.96. The van der Waals surface area contributed by atoms with Crippen LogP contribution in [0.4, 0.5) is 0 Å². The Hall–Kier alpha value is -1.67. The van der Waals surface area contributed by atoms with Crippen LogP contribution in [-0.2, 0) is 0 Å². The third kappa shape index (κ3) is 3.48. The van der Waals surface area contributed by atoms with E-state index in [1.54, 1.807) is 13.8 Å². The number of hydrogen-bond donors (Lipinski definition) is 1. The quantitative estimate of drug-likeness (QED) is 0.864. The second-order valence-electron chi connectivity index (χ2n) is 3.92. The number of nitrogens with one attached hydrogen (secondary N) is 1. The topological polar surface area (TPSA) is 78.7 Å². The van der Waals surface area contributed by atoms with Gasteiger partial charge in [0.05, 0.1) is 11.5 Å². The number of nitriles is 1. The lowest BCUT2D eigenvalue weighted by Gasteiger charge is -2.15. The first kappa shape index (κ1) is 12.4. The van der Waals surface area contributed by atoms with Crippen LogP contribution in [0.5, 0.6) is 0 Å². The largest absolute Gasteiger partial charge is 0.349 e. The van der Waals surface area contributed by atoms with Gasteiger partial charge in [-0.2, -0.15) is 5.26 Å². The monoisotopic (exact) mass is 238 g/mol. The number of rotatable bonds is 3. The number of nitrogens with zero attached hydrogens (tertiary/aromatic N) is 3. The van der Waals surface area contributed by atoms with Crippen molar-refractivity contribution in [1.82, 2.24) is 15.5 Å². The minimum atomic E-state index is -0.602. The van der Waals surface area contributed by atoms with Crippen LogP contribution in [0.3, 0.4) is 0 Å². The van der Waals surface area contributed by atoms with Crippen LogP contribution < -0.4 is 5.32 Å². The molecule has 1 rings (SSSR count). The Balaban J connectivity index is 2.61. The van der Waals surface area contributed by atoms with Crippen LogP contribution in [0.15, 0.2) is 12.1 Å². The molecule has 1 amide bonds. The summed E-state index contributed by atoms with van der Waals surface area (Å²) in [5.74, 6) is -0.368. The fourth-order valence-corrected chi connectivity index (χ4v) is 0.969. The van der Waals surface area contributed by atoms with Gasteiger partial charge in [-0.25, -0.2) is 0 Å². The van der Waals surface area contributed by atoms with Gasteiger partial charge in [0.2, 0.25) is 0 Å². The highest BCUT2D eigenvalue weighted by Gasteiger charge is 2.18. The van der Waals surface area contributed by atoms with Gasteiger partial charge >= 0.3 is 0 Å². The first-order valence-electron chi connectivity index (χ1n) is 4.63. The van der Waals surface area contributed by atoms with Crippen molar-refractivity contribution < 1.29 is 4.79 Å². The molecule has 0 saturated heterocycles. The van der Waals surface area contributed by atoms with E-state index in [0.29, 0.717) is 0 Å². The Kier molecular flexibility index (Phi) is 3.80. The predicted octanol–water partition coefficient (Wildman–Crippen LogP) is 1.41. The molecule has 6 heteroatoms. The Labute approximate surface area is 98.4 Å². The molecule has 0 unspecified atom stereocenters. The Morgan fingerprint density at radius 2 is 2.25 bits per heavy atom. The number of carbonyl (C=O) groups is 1. The van der Waals surface area contributed by atoms with Crippen molar-refractivity contribution in [2.75, 3.05) is 6.54 Å². The van der Waals surface area contributed by atoms with Crippen LogP contribution in [0.1, 0.15) is 24.3 Å². The molecule has 0 aliphatic rings. The van der Waals surface area contributed by atoms with Crippen molar-refractivity contribution >= 4 is 17.5 Å². The molecule has 0 fully saturated rings. The first-order valence-corrected chi connectivity index (χ1v) is 5.01. The molecule has 16 heavy (non-hydrogen) atoms. The van der Waals surface area contributed by atoms with Crippen molar-refractivity contribution in [2.45, 2.75) is 13.8 Å². The summed E-state index contributed by atoms with van der Waals surface area (Å²) in [6, 6.07) is 5.05. The van der Waals surface area contributed by atoms with E-state index in [-0.39, 0.29) is 23.3 Å². The number of amides is 1. The second-order valence-corrected chi connectivity index (χ2v) is 4.31. The molecule has 1 aromatic heterocycles. The molecule has 0 saturated carbocycles. The molecule has 0 spiro atoms. The maximum absolute atomic E-state index is 11.6. The molecule has 1 aromatic rings. The highest BCUT2D eigenvalue weighted by molar-refractivity contribution is 6.29. The van der Waals surface area contributed by atoms with Crippen LogP contribution in [-0.4, -0.2) is 22.6 Å². The summed E-state index contributed by atoms with van der Waals surface area (Å²) in [5.41, 5.74) is -0.423. The van der Waals surface area contributed by atoms with Gasteiger partial charge in [-0.3, -0.25) is 4.79 Å². The highest BCUT2D eigenvalue weighted by atomic mass is 35.5. The second kappa shape index (κ2) is 4.90. The molecule has 0 atom stereocenters. The van der Waals surface area contributed by atoms with Crippen molar-refractivity contribution in [3.8, 4) is 6.07 Å². The van der Waals surface area contributed by atoms with E-state index in [1.165, 1.54) is 12.1 Å². The molecule has 0 radical (unpaired) electrons. The predicted molar refractivity (Wildman–Crippen MR) is 58.8 cm³/mol. The van der Waals surface area contributed by atoms with E-state index in [0.717, 1.165) is 0 Å². The fraction of sp³-hybridized carbons (Fsp3) is 0.400. The zero-order chi connectivity index (χ0) is 12.2. The summed E-state index contributed by atoms with van der Waals surface area (Å²) in [6.07, 6.45) is 0. The van der Waals surface area contributed by atoms with Crippen molar-refractivity contribution in [3.63, 3.8) is 0 Å². The molecule has 1 heterocycles. The molecule has 0 bridgehead atoms. The van der Waals surface area contributed by atoms with Crippen molar-refractivity contribution in [2.24, 2.45) is 5.41 Å². The van der Waals surface area contributed by atoms with Gasteiger partial charge in [0.25, 0.3) is 5.91 Å². The summed E-state index contributed by atoms with van der Waals surface area (Å²) in [4.78, 5) is 11.6. The summed E-state index contributed by atoms with van der Waals surface area (Å²) in [6.45, 7) is 3.73. The number of carbonyl (C=O) groups excluding carboxylic acids is 1. The van der Waals surface area contributed by atoms with Gasteiger partial charge in [0.15, 0.2) is 10.8 Å². The zero-order valence-electron chi connectivity index (χ0n) is 8.99. The van der Waals surface area contributed by atoms with E-state index in [4.69, 9.17) is 16.9 Å². The molecule has 0 aromatic carbocycles. The van der Waals surface area contributed by atoms with E-state index >= 15 is 0 Å². The zero-order valence-corrected chi connectivity index (χ0v) is 9.75. The van der Waals surface area contributed by atoms with E-state index < -0.39 is 5.41 Å². The third-order valence-electron chi connectivity index (χ3n) is 1.86. The van der Waals surface area contributed by atoms with Crippen molar-refractivity contribution in [1.29, 1.82) is 5.26 Å². The maximum atomic E-state index is 11.6. The number of halogens is 1. The lowest BCUT2D eigenvalue weighted by molar-refractivity contribution is 0.0937. The molecule has 0 aliphatic heterocycles. The van der Waals surface area contributed by atoms with Gasteiger partial charge in [-0.1, -0.05) is 11.6 Å². The van der Waals surface area contributed by atoms with E-state index in [2.05, 4.69) is 21.6 Å². The molecular weight excluding hydrogens is 228 g/mol. The molecule has 1 N–H and O–H groups in total. The smallest absolute Gasteiger partial charge is 0.271 e. The van der Waals surface area contributed by atoms with Crippen molar-refractivity contribution in [3.05, 3.63) is 23.0 Å². The fourth-order valence-electron chi connectivity index (χ4n) is 0.868. The number of aromatic nitrogens is 2. The lowest BCUT2D eigenvalue weighted by Crippen LogP contribution is -2.33. The van der Waals surface area contributed by atoms with Gasteiger partial charge < -0.3 is 5.32 Å². The average molecular weight is 239 g/mol. The molecular formula is C10H11ClN4O. The summed E-state index contributed by atoms with van der Waals surface area (Å²) >= 11 is 5.54. The van der Waals surface area contributed by atoms with Crippen LogP contribution in [0, 0.1) is 16.7 Å². The third-order valence-corrected chi connectivity index (χ3v) is 2.06. The van der Waals surface area contributed by atoms with Gasteiger partial charge in [-0.05, 0) is 26.0 Å². The van der Waals surface area contributed by atoms with E-state index in [9.17, 15) is 4.79 Å². The van der Waals surface area contributed by atoms with Gasteiger partial charge in [0.1, 0.15) is 0 Å². The van der Waals surface area contributed by atoms with Crippen LogP contribution in [0.25, 0.3) is 0 Å². The molecule has 84 valence electrons. The molecule has 0 aliphatic carbocycles. The Morgan fingerprint density at radius 3 is 2.75 bits per heavy atom. The Bertz CT molecular complexity index is 421. The summed E-state index contributed by atoms with van der Waals surface area (Å²) in [7, 11) is 0. The average Bonchev–Trinajstić information content (AvgIpc) is 2.27. The standard InChI is InChI=1S/C10H11ClN4O/c1-10(2,5-12)6-13-9(16)7-3-4-8(11)15-14-7/h3-4H,6H2,1-2H3,(H,13,16). The highest BCUT2D eigenvalue weighted by Crippen LogP contribution is 2.11. The van der Waals surface area contributed by atoms with Gasteiger partial charge in [0, 0.05) is 6.54 Å². The SMILES string of the molecule is CC(C)(C#N)CNC(=O)c1ccc(Cl)nn1. The molecule has 5 nitrogen and oxygen atoms in total. The first-order chi connectivity index (χ1) is 7.44. The van der Waals surface area contributed by atoms with Crippen LogP contribution in [0.2, 0.25) is 5.15 Å². The minimum absolute atomic E-state index is 0.179. The van der Waals surface area contributed by atoms with E-state index in [1.807, 2.05) is 0 Å². The van der Waals surface area contributed by atoms with Crippen LogP contribution >= 0.6 is 11.6 Å². The number of hydrogen-bond acceptors (Lipinski definition) is 4. The maximum Gasteiger partial charge on any atom is 0.271 e. The Morgan fingerprint density at radius 1 is 1.56 bits per heavy atom. The summed E-state index contributed by atoms with van der Waals surface area (Å²) in [5, 5.41) is 18.8. The minimum Gasteiger partial charge on any atom is -0.349 e. The summed E-state index contributed by atoms with van der Waals surface area (Å²) < 4.78 is 0. The van der Waals surface area contributed by atoms with Gasteiger partial charge in [-0.15, -0.1) is 10.2 Å².